The molecule has 1 heterocycles. The van der Waals surface area contributed by atoms with E-state index >= 15 is 0 Å². The van der Waals surface area contributed by atoms with Gasteiger partial charge in [-0.05, 0) is 12.8 Å². The number of aromatic nitrogens is 2. The highest BCUT2D eigenvalue weighted by atomic mass is 16.5. The van der Waals surface area contributed by atoms with Gasteiger partial charge in [-0.1, -0.05) is 32.9 Å². The van der Waals surface area contributed by atoms with Crippen molar-refractivity contribution in [2.45, 2.75) is 58.4 Å². The summed E-state index contributed by atoms with van der Waals surface area (Å²) in [6.07, 6.45) is 1.94. The smallest absolute Gasteiger partial charge is 0.231 e. The highest BCUT2D eigenvalue weighted by molar-refractivity contribution is 4.99. The second-order valence-electron chi connectivity index (χ2n) is 4.16. The van der Waals surface area contributed by atoms with E-state index in [1.165, 1.54) is 0 Å². The van der Waals surface area contributed by atoms with Gasteiger partial charge in [-0.3, -0.25) is 0 Å². The molecule has 1 aromatic heterocycles. The lowest BCUT2D eigenvalue weighted by atomic mass is 10.0. The van der Waals surface area contributed by atoms with E-state index in [1.54, 1.807) is 0 Å². The van der Waals surface area contributed by atoms with E-state index < -0.39 is 0 Å². The highest BCUT2D eigenvalue weighted by Gasteiger charge is 2.21. The monoisotopic (exact) mass is 211 g/mol. The Hall–Kier alpha value is -0.900. The van der Waals surface area contributed by atoms with E-state index in [9.17, 15) is 0 Å². The SMILES string of the molecule is CCC(C)c1noc(C(C)C(N)CC)n1. The molecule has 0 aromatic carbocycles. The zero-order valence-electron chi connectivity index (χ0n) is 10.0. The minimum absolute atomic E-state index is 0.0928. The number of nitrogens with two attached hydrogens (primary N) is 1. The molecular weight excluding hydrogens is 190 g/mol. The van der Waals surface area contributed by atoms with Crippen LogP contribution in [0.4, 0.5) is 0 Å². The third kappa shape index (κ3) is 2.78. The van der Waals surface area contributed by atoms with Crippen LogP contribution in [0.3, 0.4) is 0 Å². The third-order valence-electron chi connectivity index (χ3n) is 3.01. The fourth-order valence-electron chi connectivity index (χ4n) is 1.35. The summed E-state index contributed by atoms with van der Waals surface area (Å²) in [7, 11) is 0. The molecule has 0 amide bonds. The predicted octanol–water partition coefficient (Wildman–Crippen LogP) is 2.42. The molecule has 0 radical (unpaired) electrons. The molecule has 4 heteroatoms. The predicted molar refractivity (Wildman–Crippen MR) is 59.7 cm³/mol. The summed E-state index contributed by atoms with van der Waals surface area (Å²) in [5.41, 5.74) is 5.94. The summed E-state index contributed by atoms with van der Waals surface area (Å²) >= 11 is 0. The highest BCUT2D eigenvalue weighted by Crippen LogP contribution is 2.21. The molecule has 4 nitrogen and oxygen atoms in total. The van der Waals surface area contributed by atoms with Crippen molar-refractivity contribution in [3.63, 3.8) is 0 Å². The van der Waals surface area contributed by atoms with Crippen LogP contribution in [0.5, 0.6) is 0 Å². The topological polar surface area (TPSA) is 64.9 Å². The Morgan fingerprint density at radius 1 is 1.27 bits per heavy atom. The molecule has 0 bridgehead atoms. The summed E-state index contributed by atoms with van der Waals surface area (Å²) in [5.74, 6) is 1.95. The summed E-state index contributed by atoms with van der Waals surface area (Å²) < 4.78 is 5.23. The van der Waals surface area contributed by atoms with Crippen LogP contribution in [0.25, 0.3) is 0 Å². The summed E-state index contributed by atoms with van der Waals surface area (Å²) in [4.78, 5) is 4.39. The van der Waals surface area contributed by atoms with Gasteiger partial charge in [-0.25, -0.2) is 0 Å². The van der Waals surface area contributed by atoms with Gasteiger partial charge in [0.25, 0.3) is 0 Å². The molecule has 2 N–H and O–H groups in total. The molecule has 3 unspecified atom stereocenters. The van der Waals surface area contributed by atoms with Crippen LogP contribution in [-0.2, 0) is 0 Å². The van der Waals surface area contributed by atoms with E-state index in [-0.39, 0.29) is 12.0 Å². The molecule has 86 valence electrons. The zero-order chi connectivity index (χ0) is 11.4. The van der Waals surface area contributed by atoms with E-state index in [0.29, 0.717) is 11.8 Å². The largest absolute Gasteiger partial charge is 0.339 e. The molecular formula is C11H21N3O. The van der Waals surface area contributed by atoms with Crippen molar-refractivity contribution in [1.82, 2.24) is 10.1 Å². The van der Waals surface area contributed by atoms with E-state index in [0.717, 1.165) is 18.7 Å². The van der Waals surface area contributed by atoms with Crippen molar-refractivity contribution in [2.24, 2.45) is 5.73 Å². The molecule has 0 fully saturated rings. The lowest BCUT2D eigenvalue weighted by molar-refractivity contribution is 0.335. The Kier molecular flexibility index (Phi) is 4.27. The fourth-order valence-corrected chi connectivity index (χ4v) is 1.35. The van der Waals surface area contributed by atoms with Gasteiger partial charge in [-0.2, -0.15) is 4.98 Å². The van der Waals surface area contributed by atoms with Crippen molar-refractivity contribution >= 4 is 0 Å². The van der Waals surface area contributed by atoms with Crippen LogP contribution in [0.2, 0.25) is 0 Å². The van der Waals surface area contributed by atoms with Gasteiger partial charge in [-0.15, -0.1) is 0 Å². The van der Waals surface area contributed by atoms with Crippen LogP contribution in [0.1, 0.15) is 64.1 Å². The van der Waals surface area contributed by atoms with Gasteiger partial charge in [0.1, 0.15) is 0 Å². The molecule has 0 aliphatic rings. The summed E-state index contributed by atoms with van der Waals surface area (Å²) in [5, 5.41) is 3.98. The number of hydrogen-bond donors (Lipinski definition) is 1. The minimum Gasteiger partial charge on any atom is -0.339 e. The second kappa shape index (κ2) is 5.26. The van der Waals surface area contributed by atoms with Crippen molar-refractivity contribution in [3.8, 4) is 0 Å². The molecule has 15 heavy (non-hydrogen) atoms. The van der Waals surface area contributed by atoms with Crippen LogP contribution < -0.4 is 5.73 Å². The Morgan fingerprint density at radius 2 is 1.93 bits per heavy atom. The standard InChI is InChI=1S/C11H21N3O/c1-5-7(3)10-13-11(15-14-10)8(4)9(12)6-2/h7-9H,5-6,12H2,1-4H3. The zero-order valence-corrected chi connectivity index (χ0v) is 10.0. The molecule has 0 aliphatic heterocycles. The first-order chi connectivity index (χ1) is 7.10. The molecule has 0 saturated heterocycles. The molecule has 3 atom stereocenters. The minimum atomic E-state index is 0.0928. The average molecular weight is 211 g/mol. The van der Waals surface area contributed by atoms with Crippen molar-refractivity contribution in [3.05, 3.63) is 11.7 Å². The van der Waals surface area contributed by atoms with E-state index in [2.05, 4.69) is 30.9 Å². The van der Waals surface area contributed by atoms with Crippen molar-refractivity contribution in [1.29, 1.82) is 0 Å². The maximum atomic E-state index is 5.94. The van der Waals surface area contributed by atoms with Gasteiger partial charge >= 0.3 is 0 Å². The fraction of sp³-hybridized carbons (Fsp3) is 0.818. The first kappa shape index (κ1) is 12.2. The van der Waals surface area contributed by atoms with Crippen LogP contribution in [0, 0.1) is 0 Å². The first-order valence-corrected chi connectivity index (χ1v) is 5.69. The lowest BCUT2D eigenvalue weighted by Crippen LogP contribution is -2.25. The number of nitrogens with zero attached hydrogens (tertiary/aromatic N) is 2. The number of rotatable bonds is 5. The quantitative estimate of drug-likeness (QED) is 0.812. The number of hydrogen-bond acceptors (Lipinski definition) is 4. The average Bonchev–Trinajstić information content (AvgIpc) is 2.75. The Morgan fingerprint density at radius 3 is 2.47 bits per heavy atom. The van der Waals surface area contributed by atoms with Gasteiger partial charge in [0.05, 0.1) is 5.92 Å². The Labute approximate surface area is 91.2 Å². The van der Waals surface area contributed by atoms with E-state index in [1.807, 2.05) is 6.92 Å². The second-order valence-corrected chi connectivity index (χ2v) is 4.16. The lowest BCUT2D eigenvalue weighted by Gasteiger charge is -2.13. The Balaban J connectivity index is 2.75. The molecule has 0 aliphatic carbocycles. The van der Waals surface area contributed by atoms with Gasteiger partial charge in [0.15, 0.2) is 5.82 Å². The summed E-state index contributed by atoms with van der Waals surface area (Å²) in [6.45, 7) is 8.30. The van der Waals surface area contributed by atoms with Gasteiger partial charge in [0.2, 0.25) is 5.89 Å². The normalized spacial score (nSPS) is 17.4. The molecule has 0 spiro atoms. The summed E-state index contributed by atoms with van der Waals surface area (Å²) in [6, 6.07) is 0.0928. The maximum Gasteiger partial charge on any atom is 0.231 e. The molecule has 0 saturated carbocycles. The van der Waals surface area contributed by atoms with Crippen molar-refractivity contribution in [2.75, 3.05) is 0 Å². The first-order valence-electron chi connectivity index (χ1n) is 5.69. The Bertz CT molecular complexity index is 298. The molecule has 1 aromatic rings. The third-order valence-corrected chi connectivity index (χ3v) is 3.01. The van der Waals surface area contributed by atoms with Crippen LogP contribution >= 0.6 is 0 Å². The van der Waals surface area contributed by atoms with Gasteiger partial charge < -0.3 is 10.3 Å². The maximum absolute atomic E-state index is 5.94. The molecule has 1 rings (SSSR count). The van der Waals surface area contributed by atoms with E-state index in [4.69, 9.17) is 10.3 Å². The van der Waals surface area contributed by atoms with Gasteiger partial charge in [0, 0.05) is 12.0 Å². The van der Waals surface area contributed by atoms with Crippen LogP contribution in [-0.4, -0.2) is 16.2 Å². The van der Waals surface area contributed by atoms with Crippen LogP contribution in [0.15, 0.2) is 4.52 Å². The van der Waals surface area contributed by atoms with Crippen molar-refractivity contribution < 1.29 is 4.52 Å².